The number of amides is 3. The van der Waals surface area contributed by atoms with E-state index in [2.05, 4.69) is 11.4 Å². The summed E-state index contributed by atoms with van der Waals surface area (Å²) in [5.41, 5.74) is 2.04. The monoisotopic (exact) mass is 567 g/mol. The second-order valence-corrected chi connectivity index (χ2v) is 12.1. The summed E-state index contributed by atoms with van der Waals surface area (Å²) in [4.78, 5) is 44.5. The highest BCUT2D eigenvalue weighted by molar-refractivity contribution is 6.20. The van der Waals surface area contributed by atoms with Crippen molar-refractivity contribution in [3.8, 4) is 5.75 Å². The first-order chi connectivity index (χ1) is 19.1. The maximum absolute atomic E-state index is 14.0. The van der Waals surface area contributed by atoms with Gasteiger partial charge in [-0.1, -0.05) is 42.7 Å². The molecule has 1 aliphatic heterocycles. The van der Waals surface area contributed by atoms with Crippen molar-refractivity contribution in [2.75, 3.05) is 19.5 Å². The van der Waals surface area contributed by atoms with E-state index in [0.29, 0.717) is 30.8 Å². The Morgan fingerprint density at radius 1 is 1.05 bits per heavy atom. The number of methoxy groups -OCH3 is 1. The Kier molecular flexibility index (Phi) is 9.77. The number of aryl methyl sites for hydroxylation is 1. The predicted octanol–water partition coefficient (Wildman–Crippen LogP) is 5.33. The number of alkyl halides is 1. The Labute approximate surface area is 243 Å². The van der Waals surface area contributed by atoms with E-state index in [1.54, 1.807) is 36.3 Å². The molecule has 0 aromatic heterocycles. The maximum Gasteiger partial charge on any atom is 0.254 e. The van der Waals surface area contributed by atoms with Crippen molar-refractivity contribution < 1.29 is 19.1 Å². The number of nitrogens with zero attached hydrogens (tertiary/aromatic N) is 2. The van der Waals surface area contributed by atoms with Gasteiger partial charge >= 0.3 is 0 Å². The number of nitrogens with one attached hydrogen (secondary N) is 1. The largest absolute Gasteiger partial charge is 0.497 e. The van der Waals surface area contributed by atoms with Gasteiger partial charge in [0, 0.05) is 30.6 Å². The summed E-state index contributed by atoms with van der Waals surface area (Å²) in [6.07, 6.45) is 4.95. The molecule has 3 amide bonds. The number of hydrogen-bond acceptors (Lipinski definition) is 4. The zero-order chi connectivity index (χ0) is 28.9. The van der Waals surface area contributed by atoms with Crippen molar-refractivity contribution in [1.29, 1.82) is 0 Å². The van der Waals surface area contributed by atoms with E-state index in [1.165, 1.54) is 0 Å². The molecule has 4 rings (SSSR count). The standard InChI is InChI=1S/C32H42ClN3O4/c1-22-9-7-10-23(19-22)20-36(30(38)24-14-16-25(40-4)17-15-24)27-12-6-5-11-26(27)34-29(37)28-13-8-18-35(28)31(39)32(2,3)21-33/h7,9-10,14-17,19,26-28H,5-6,8,11-13,18,20-21H2,1-4H3,(H,34,37)/t26?,27-,28-/m1/s1. The van der Waals surface area contributed by atoms with Crippen LogP contribution in [0.5, 0.6) is 5.75 Å². The fourth-order valence-corrected chi connectivity index (χ4v) is 6.02. The Balaban J connectivity index is 1.59. The zero-order valence-corrected chi connectivity index (χ0v) is 24.9. The van der Waals surface area contributed by atoms with E-state index in [1.807, 2.05) is 43.9 Å². The molecule has 2 aliphatic rings. The van der Waals surface area contributed by atoms with Gasteiger partial charge in [0.25, 0.3) is 5.91 Å². The van der Waals surface area contributed by atoms with Crippen LogP contribution in [0.3, 0.4) is 0 Å². The van der Waals surface area contributed by atoms with Crippen LogP contribution < -0.4 is 10.1 Å². The van der Waals surface area contributed by atoms with Gasteiger partial charge in [-0.25, -0.2) is 0 Å². The van der Waals surface area contributed by atoms with Crippen molar-refractivity contribution in [1.82, 2.24) is 15.1 Å². The Hall–Kier alpha value is -3.06. The molecule has 1 saturated carbocycles. The van der Waals surface area contributed by atoms with Gasteiger partial charge in [0.1, 0.15) is 11.8 Å². The van der Waals surface area contributed by atoms with Crippen molar-refractivity contribution in [2.45, 2.75) is 84.0 Å². The molecular weight excluding hydrogens is 526 g/mol. The molecule has 1 aliphatic carbocycles. The minimum Gasteiger partial charge on any atom is -0.497 e. The van der Waals surface area contributed by atoms with Crippen LogP contribution in [-0.2, 0) is 16.1 Å². The van der Waals surface area contributed by atoms with Gasteiger partial charge in [-0.05, 0) is 76.3 Å². The molecule has 40 heavy (non-hydrogen) atoms. The molecular formula is C32H42ClN3O4. The second kappa shape index (κ2) is 13.1. The molecule has 1 saturated heterocycles. The third-order valence-corrected chi connectivity index (χ3v) is 8.89. The van der Waals surface area contributed by atoms with Gasteiger partial charge in [0.15, 0.2) is 0 Å². The summed E-state index contributed by atoms with van der Waals surface area (Å²) in [6, 6.07) is 14.5. The third kappa shape index (κ3) is 6.80. The first kappa shape index (κ1) is 29.9. The highest BCUT2D eigenvalue weighted by atomic mass is 35.5. The van der Waals surface area contributed by atoms with Gasteiger partial charge in [0.05, 0.1) is 18.6 Å². The second-order valence-electron chi connectivity index (χ2n) is 11.8. The van der Waals surface area contributed by atoms with Gasteiger partial charge in [-0.2, -0.15) is 0 Å². The SMILES string of the molecule is COc1ccc(C(=O)N(Cc2cccc(C)c2)[C@@H]2CCCCC2NC(=O)[C@H]2CCCN2C(=O)C(C)(C)CCl)cc1. The summed E-state index contributed by atoms with van der Waals surface area (Å²) >= 11 is 6.08. The van der Waals surface area contributed by atoms with Crippen molar-refractivity contribution in [3.05, 3.63) is 65.2 Å². The minimum atomic E-state index is -0.729. The van der Waals surface area contributed by atoms with Crippen LogP contribution in [0.15, 0.2) is 48.5 Å². The summed E-state index contributed by atoms with van der Waals surface area (Å²) < 4.78 is 5.29. The first-order valence-corrected chi connectivity index (χ1v) is 14.9. The molecule has 1 unspecified atom stereocenters. The summed E-state index contributed by atoms with van der Waals surface area (Å²) in [5, 5.41) is 3.29. The van der Waals surface area contributed by atoms with Gasteiger partial charge in [-0.15, -0.1) is 11.6 Å². The Bertz CT molecular complexity index is 1200. The Morgan fingerprint density at radius 2 is 1.77 bits per heavy atom. The summed E-state index contributed by atoms with van der Waals surface area (Å²) in [5.74, 6) is 0.592. The molecule has 2 aromatic rings. The lowest BCUT2D eigenvalue weighted by atomic mass is 9.88. The predicted molar refractivity (Wildman–Crippen MR) is 157 cm³/mol. The quantitative estimate of drug-likeness (QED) is 0.415. The van der Waals surface area contributed by atoms with E-state index >= 15 is 0 Å². The molecule has 8 heteroatoms. The number of benzene rings is 2. The Morgan fingerprint density at radius 3 is 2.45 bits per heavy atom. The van der Waals surface area contributed by atoms with E-state index in [4.69, 9.17) is 16.3 Å². The lowest BCUT2D eigenvalue weighted by Crippen LogP contribution is -2.58. The van der Waals surface area contributed by atoms with Crippen LogP contribution in [0, 0.1) is 12.3 Å². The average molecular weight is 568 g/mol. The van der Waals surface area contributed by atoms with Crippen LogP contribution in [0.25, 0.3) is 0 Å². The van der Waals surface area contributed by atoms with E-state index < -0.39 is 11.5 Å². The van der Waals surface area contributed by atoms with E-state index in [9.17, 15) is 14.4 Å². The van der Waals surface area contributed by atoms with Gasteiger partial charge in [-0.3, -0.25) is 14.4 Å². The third-order valence-electron chi connectivity index (χ3n) is 8.22. The highest BCUT2D eigenvalue weighted by Gasteiger charge is 2.42. The van der Waals surface area contributed by atoms with Crippen molar-refractivity contribution in [3.63, 3.8) is 0 Å². The normalized spacial score (nSPS) is 21.1. The number of carbonyl (C=O) groups is 3. The van der Waals surface area contributed by atoms with E-state index in [-0.39, 0.29) is 35.7 Å². The van der Waals surface area contributed by atoms with Crippen molar-refractivity contribution >= 4 is 29.3 Å². The zero-order valence-electron chi connectivity index (χ0n) is 24.1. The number of hydrogen-bond donors (Lipinski definition) is 1. The topological polar surface area (TPSA) is 79.0 Å². The highest BCUT2D eigenvalue weighted by Crippen LogP contribution is 2.30. The molecule has 1 N–H and O–H groups in total. The maximum atomic E-state index is 14.0. The molecule has 0 bridgehead atoms. The number of rotatable bonds is 9. The molecule has 1 heterocycles. The van der Waals surface area contributed by atoms with Crippen LogP contribution in [-0.4, -0.2) is 65.2 Å². The number of ether oxygens (including phenoxy) is 1. The molecule has 2 fully saturated rings. The fourth-order valence-electron chi connectivity index (χ4n) is 5.91. The molecule has 0 radical (unpaired) electrons. The molecule has 0 spiro atoms. The van der Waals surface area contributed by atoms with Gasteiger partial charge < -0.3 is 19.9 Å². The smallest absolute Gasteiger partial charge is 0.254 e. The molecule has 2 aromatic carbocycles. The fraction of sp³-hybridized carbons (Fsp3) is 0.531. The number of carbonyl (C=O) groups excluding carboxylic acids is 3. The summed E-state index contributed by atoms with van der Waals surface area (Å²) in [7, 11) is 1.60. The number of halogens is 1. The van der Waals surface area contributed by atoms with E-state index in [0.717, 1.165) is 43.2 Å². The lowest BCUT2D eigenvalue weighted by Gasteiger charge is -2.41. The molecule has 3 atom stereocenters. The van der Waals surface area contributed by atoms with Gasteiger partial charge in [0.2, 0.25) is 11.8 Å². The van der Waals surface area contributed by atoms with Crippen molar-refractivity contribution in [2.24, 2.45) is 5.41 Å². The molecule has 216 valence electrons. The summed E-state index contributed by atoms with van der Waals surface area (Å²) in [6.45, 7) is 6.69. The average Bonchev–Trinajstić information content (AvgIpc) is 3.46. The van der Waals surface area contributed by atoms with Crippen LogP contribution >= 0.6 is 11.6 Å². The molecule has 7 nitrogen and oxygen atoms in total. The van der Waals surface area contributed by atoms with Crippen LogP contribution in [0.1, 0.15) is 73.9 Å². The van der Waals surface area contributed by atoms with Crippen LogP contribution in [0.4, 0.5) is 0 Å². The lowest BCUT2D eigenvalue weighted by molar-refractivity contribution is -0.144. The minimum absolute atomic E-state index is 0.0724. The number of likely N-dealkylation sites (tertiary alicyclic amines) is 1. The van der Waals surface area contributed by atoms with Crippen LogP contribution in [0.2, 0.25) is 0 Å². The first-order valence-electron chi connectivity index (χ1n) is 14.3.